The van der Waals surface area contributed by atoms with Crippen LogP contribution in [0.25, 0.3) is 10.9 Å². The average Bonchev–Trinajstić information content (AvgIpc) is 2.37. The Labute approximate surface area is 108 Å². The molecule has 0 bridgehead atoms. The van der Waals surface area contributed by atoms with E-state index < -0.39 is 0 Å². The first-order valence-corrected chi connectivity index (χ1v) is 6.22. The molecular weight excluding hydrogens is 224 g/mol. The minimum absolute atomic E-state index is 0.755. The van der Waals surface area contributed by atoms with Crippen molar-refractivity contribution in [1.29, 1.82) is 0 Å². The first-order chi connectivity index (χ1) is 8.72. The second-order valence-corrected chi connectivity index (χ2v) is 4.49. The number of nitrogen functional groups attached to an aromatic ring is 1. The fraction of sp³-hybridized carbons (Fsp3) is 0.357. The largest absolute Gasteiger partial charge is 0.399 e. The van der Waals surface area contributed by atoms with E-state index in [2.05, 4.69) is 28.3 Å². The van der Waals surface area contributed by atoms with Crippen LogP contribution in [0.5, 0.6) is 0 Å². The summed E-state index contributed by atoms with van der Waals surface area (Å²) in [7, 11) is 4.09. The maximum Gasteiger partial charge on any atom is 0.0743 e. The summed E-state index contributed by atoms with van der Waals surface area (Å²) in [5.41, 5.74) is 8.70. The molecule has 0 atom stereocenters. The van der Waals surface area contributed by atoms with Crippen LogP contribution in [0.3, 0.4) is 0 Å². The minimum atomic E-state index is 0.755. The summed E-state index contributed by atoms with van der Waals surface area (Å²) in [5, 5.41) is 4.32. The monoisotopic (exact) mass is 244 g/mol. The molecule has 1 aromatic heterocycles. The highest BCUT2D eigenvalue weighted by molar-refractivity contribution is 5.93. The van der Waals surface area contributed by atoms with Crippen LogP contribution < -0.4 is 16.0 Å². The molecule has 3 N–H and O–H groups in total. The summed E-state index contributed by atoms with van der Waals surface area (Å²) in [5.74, 6) is 0. The Morgan fingerprint density at radius 3 is 2.94 bits per heavy atom. The van der Waals surface area contributed by atoms with Crippen LogP contribution in [0, 0.1) is 0 Å². The smallest absolute Gasteiger partial charge is 0.0743 e. The molecule has 0 radical (unpaired) electrons. The van der Waals surface area contributed by atoms with Gasteiger partial charge in [-0.15, -0.1) is 0 Å². The Hall–Kier alpha value is -1.81. The van der Waals surface area contributed by atoms with Gasteiger partial charge in [0, 0.05) is 36.6 Å². The lowest BCUT2D eigenvalue weighted by Crippen LogP contribution is -2.22. The van der Waals surface area contributed by atoms with E-state index in [4.69, 9.17) is 5.73 Å². The first kappa shape index (κ1) is 12.6. The van der Waals surface area contributed by atoms with Crippen molar-refractivity contribution >= 4 is 22.3 Å². The highest BCUT2D eigenvalue weighted by atomic mass is 15.1. The quantitative estimate of drug-likeness (QED) is 0.622. The number of nitrogens with zero attached hydrogens (tertiary/aromatic N) is 2. The van der Waals surface area contributed by atoms with Crippen molar-refractivity contribution < 1.29 is 0 Å². The molecule has 0 saturated carbocycles. The molecule has 0 aliphatic carbocycles. The predicted octanol–water partition coefficient (Wildman–Crippen LogP) is 1.86. The lowest BCUT2D eigenvalue weighted by atomic mass is 10.1. The van der Waals surface area contributed by atoms with Gasteiger partial charge in [0.25, 0.3) is 0 Å². The molecule has 0 unspecified atom stereocenters. The van der Waals surface area contributed by atoms with Gasteiger partial charge in [0.15, 0.2) is 0 Å². The van der Waals surface area contributed by atoms with E-state index in [0.29, 0.717) is 0 Å². The zero-order valence-electron chi connectivity index (χ0n) is 11.0. The maximum atomic E-state index is 5.79. The predicted molar refractivity (Wildman–Crippen MR) is 78.0 cm³/mol. The average molecular weight is 244 g/mol. The third-order valence-corrected chi connectivity index (χ3v) is 3.08. The summed E-state index contributed by atoms with van der Waals surface area (Å²) < 4.78 is 0. The van der Waals surface area contributed by atoms with Gasteiger partial charge < -0.3 is 16.0 Å². The molecule has 4 heteroatoms. The standard InChI is InChI=1S/C14H20N4/c1-16-7-3-9-18(2)14-6-8-17-13-10-11(15)4-5-12(13)14/h4-6,8,10,16H,3,7,9,15H2,1-2H3. The number of benzene rings is 1. The van der Waals surface area contributed by atoms with Crippen LogP contribution in [0.15, 0.2) is 30.5 Å². The number of fused-ring (bicyclic) bond motifs is 1. The van der Waals surface area contributed by atoms with Crippen LogP contribution in [0.2, 0.25) is 0 Å². The van der Waals surface area contributed by atoms with Crippen molar-refractivity contribution in [2.24, 2.45) is 0 Å². The molecular formula is C14H20N4. The Morgan fingerprint density at radius 2 is 2.17 bits per heavy atom. The van der Waals surface area contributed by atoms with Crippen LogP contribution in [-0.4, -0.2) is 32.2 Å². The van der Waals surface area contributed by atoms with E-state index >= 15 is 0 Å². The van der Waals surface area contributed by atoms with Gasteiger partial charge in [-0.3, -0.25) is 4.98 Å². The van der Waals surface area contributed by atoms with Crippen molar-refractivity contribution in [1.82, 2.24) is 10.3 Å². The van der Waals surface area contributed by atoms with Gasteiger partial charge in [-0.05, 0) is 44.3 Å². The molecule has 0 aliphatic heterocycles. The molecule has 0 fully saturated rings. The summed E-state index contributed by atoms with van der Waals surface area (Å²) in [6, 6.07) is 7.94. The third-order valence-electron chi connectivity index (χ3n) is 3.08. The molecule has 1 heterocycles. The topological polar surface area (TPSA) is 54.2 Å². The molecule has 96 valence electrons. The number of anilines is 2. The van der Waals surface area contributed by atoms with E-state index in [1.54, 1.807) is 0 Å². The van der Waals surface area contributed by atoms with Crippen molar-refractivity contribution in [3.63, 3.8) is 0 Å². The van der Waals surface area contributed by atoms with Gasteiger partial charge in [-0.1, -0.05) is 0 Å². The highest BCUT2D eigenvalue weighted by Gasteiger charge is 2.06. The van der Waals surface area contributed by atoms with E-state index in [1.807, 2.05) is 31.4 Å². The Kier molecular flexibility index (Phi) is 3.99. The highest BCUT2D eigenvalue weighted by Crippen LogP contribution is 2.25. The molecule has 1 aromatic carbocycles. The molecule has 18 heavy (non-hydrogen) atoms. The van der Waals surface area contributed by atoms with Crippen LogP contribution in [0.4, 0.5) is 11.4 Å². The zero-order valence-corrected chi connectivity index (χ0v) is 11.0. The fourth-order valence-electron chi connectivity index (χ4n) is 2.10. The Balaban J connectivity index is 2.27. The second-order valence-electron chi connectivity index (χ2n) is 4.49. The summed E-state index contributed by atoms with van der Waals surface area (Å²) in [6.07, 6.45) is 2.96. The Morgan fingerprint density at radius 1 is 1.33 bits per heavy atom. The summed E-state index contributed by atoms with van der Waals surface area (Å²) >= 11 is 0. The van der Waals surface area contributed by atoms with Gasteiger partial charge in [-0.2, -0.15) is 0 Å². The second kappa shape index (κ2) is 5.69. The minimum Gasteiger partial charge on any atom is -0.399 e. The summed E-state index contributed by atoms with van der Waals surface area (Å²) in [6.45, 7) is 2.05. The summed E-state index contributed by atoms with van der Waals surface area (Å²) in [4.78, 5) is 6.62. The van der Waals surface area contributed by atoms with E-state index in [0.717, 1.165) is 36.1 Å². The van der Waals surface area contributed by atoms with Gasteiger partial charge in [0.2, 0.25) is 0 Å². The number of pyridine rings is 1. The van der Waals surface area contributed by atoms with Crippen molar-refractivity contribution in [2.45, 2.75) is 6.42 Å². The first-order valence-electron chi connectivity index (χ1n) is 6.22. The normalized spacial score (nSPS) is 10.8. The van der Waals surface area contributed by atoms with Crippen molar-refractivity contribution in [3.8, 4) is 0 Å². The zero-order chi connectivity index (χ0) is 13.0. The van der Waals surface area contributed by atoms with Gasteiger partial charge in [0.05, 0.1) is 5.52 Å². The number of nitrogens with two attached hydrogens (primary N) is 1. The lowest BCUT2D eigenvalue weighted by Gasteiger charge is -2.21. The van der Waals surface area contributed by atoms with Crippen molar-refractivity contribution in [2.75, 3.05) is 37.8 Å². The number of rotatable bonds is 5. The molecule has 0 saturated heterocycles. The number of hydrogen-bond donors (Lipinski definition) is 2. The molecule has 4 nitrogen and oxygen atoms in total. The molecule has 2 rings (SSSR count). The third kappa shape index (κ3) is 2.71. The Bertz CT molecular complexity index is 524. The number of aromatic nitrogens is 1. The fourth-order valence-corrected chi connectivity index (χ4v) is 2.10. The number of hydrogen-bond acceptors (Lipinski definition) is 4. The van der Waals surface area contributed by atoms with Gasteiger partial charge >= 0.3 is 0 Å². The number of nitrogens with one attached hydrogen (secondary N) is 1. The molecule has 2 aromatic rings. The molecule has 0 aliphatic rings. The van der Waals surface area contributed by atoms with Crippen molar-refractivity contribution in [3.05, 3.63) is 30.5 Å². The van der Waals surface area contributed by atoms with Crippen LogP contribution in [0.1, 0.15) is 6.42 Å². The molecule has 0 amide bonds. The van der Waals surface area contributed by atoms with E-state index in [-0.39, 0.29) is 0 Å². The van der Waals surface area contributed by atoms with Gasteiger partial charge in [0.1, 0.15) is 0 Å². The lowest BCUT2D eigenvalue weighted by molar-refractivity contribution is 0.713. The van der Waals surface area contributed by atoms with Crippen LogP contribution in [-0.2, 0) is 0 Å². The van der Waals surface area contributed by atoms with E-state index in [9.17, 15) is 0 Å². The van der Waals surface area contributed by atoms with Crippen LogP contribution >= 0.6 is 0 Å². The van der Waals surface area contributed by atoms with E-state index in [1.165, 1.54) is 5.69 Å². The van der Waals surface area contributed by atoms with Gasteiger partial charge in [-0.25, -0.2) is 0 Å². The maximum absolute atomic E-state index is 5.79. The SMILES string of the molecule is CNCCCN(C)c1ccnc2cc(N)ccc12. The molecule has 0 spiro atoms.